The Morgan fingerprint density at radius 3 is 2.71 bits per heavy atom. The number of likely N-dealkylation sites (N-methyl/N-ethyl adjacent to an activating group) is 1. The van der Waals surface area contributed by atoms with Crippen LogP contribution in [-0.4, -0.2) is 29.7 Å². The molecule has 0 saturated heterocycles. The number of aromatic nitrogens is 2. The average molecular weight is 285 g/mol. The number of benzene rings is 1. The largest absolute Gasteiger partial charge is 0.481 e. The van der Waals surface area contributed by atoms with Gasteiger partial charge in [0.25, 0.3) is 0 Å². The number of nitrogens with zero attached hydrogens (tertiary/aromatic N) is 2. The van der Waals surface area contributed by atoms with Crippen LogP contribution >= 0.6 is 0 Å². The first kappa shape index (κ1) is 15.4. The Labute approximate surface area is 126 Å². The lowest BCUT2D eigenvalue weighted by atomic mass is 10.0. The minimum Gasteiger partial charge on any atom is -0.481 e. The van der Waals surface area contributed by atoms with Crippen molar-refractivity contribution in [2.45, 2.75) is 32.2 Å². The maximum Gasteiger partial charge on any atom is 0.216 e. The third-order valence-electron chi connectivity index (χ3n) is 3.48. The van der Waals surface area contributed by atoms with E-state index in [4.69, 9.17) is 4.74 Å². The van der Waals surface area contributed by atoms with Gasteiger partial charge in [-0.3, -0.25) is 0 Å². The Hall–Kier alpha value is -1.94. The quantitative estimate of drug-likeness (QED) is 0.810. The van der Waals surface area contributed by atoms with E-state index in [-0.39, 0.29) is 0 Å². The molecule has 1 aromatic heterocycles. The van der Waals surface area contributed by atoms with Crippen LogP contribution in [0.15, 0.2) is 42.7 Å². The number of aryl methyl sites for hydroxylation is 1. The van der Waals surface area contributed by atoms with E-state index in [0.29, 0.717) is 11.9 Å². The van der Waals surface area contributed by atoms with Crippen LogP contribution in [0.4, 0.5) is 0 Å². The van der Waals surface area contributed by atoms with E-state index < -0.39 is 0 Å². The summed E-state index contributed by atoms with van der Waals surface area (Å²) in [5, 5.41) is 3.54. The Balaban J connectivity index is 1.94. The van der Waals surface area contributed by atoms with Gasteiger partial charge in [0, 0.05) is 24.2 Å². The van der Waals surface area contributed by atoms with E-state index in [1.807, 2.05) is 6.07 Å². The molecule has 1 aromatic carbocycles. The van der Waals surface area contributed by atoms with E-state index in [1.165, 1.54) is 5.56 Å². The zero-order chi connectivity index (χ0) is 14.9. The second-order valence-electron chi connectivity index (χ2n) is 5.03. The highest BCUT2D eigenvalue weighted by molar-refractivity contribution is 5.16. The van der Waals surface area contributed by atoms with Gasteiger partial charge in [-0.15, -0.1) is 0 Å². The highest BCUT2D eigenvalue weighted by Gasteiger charge is 2.10. The summed E-state index contributed by atoms with van der Waals surface area (Å²) in [6.07, 6.45) is 4.61. The molecule has 21 heavy (non-hydrogen) atoms. The first-order valence-corrected chi connectivity index (χ1v) is 7.44. The maximum absolute atomic E-state index is 5.15. The lowest BCUT2D eigenvalue weighted by Gasteiger charge is -2.17. The molecular weight excluding hydrogens is 262 g/mol. The second kappa shape index (κ2) is 8.37. The summed E-state index contributed by atoms with van der Waals surface area (Å²) in [7, 11) is 1.63. The Morgan fingerprint density at radius 2 is 2.00 bits per heavy atom. The van der Waals surface area contributed by atoms with Crippen molar-refractivity contribution in [2.24, 2.45) is 0 Å². The van der Waals surface area contributed by atoms with Gasteiger partial charge in [0.15, 0.2) is 0 Å². The van der Waals surface area contributed by atoms with Gasteiger partial charge in [-0.25, -0.2) is 9.97 Å². The molecule has 1 atom stereocenters. The van der Waals surface area contributed by atoms with E-state index in [9.17, 15) is 0 Å². The van der Waals surface area contributed by atoms with Crippen molar-refractivity contribution in [3.05, 3.63) is 54.0 Å². The second-order valence-corrected chi connectivity index (χ2v) is 5.03. The van der Waals surface area contributed by atoms with Crippen LogP contribution in [0.2, 0.25) is 0 Å². The molecule has 4 nitrogen and oxygen atoms in total. The summed E-state index contributed by atoms with van der Waals surface area (Å²) in [4.78, 5) is 8.38. The predicted molar refractivity (Wildman–Crippen MR) is 84.5 cm³/mol. The van der Waals surface area contributed by atoms with Crippen molar-refractivity contribution in [1.82, 2.24) is 15.3 Å². The highest BCUT2D eigenvalue weighted by Crippen LogP contribution is 2.11. The SMILES string of the molecule is CCNC(CCc1ccccc1)Cc1cc(OC)ncn1. The van der Waals surface area contributed by atoms with Gasteiger partial charge in [-0.1, -0.05) is 37.3 Å². The van der Waals surface area contributed by atoms with Crippen LogP contribution in [0.5, 0.6) is 5.88 Å². The number of ether oxygens (including phenoxy) is 1. The minimum atomic E-state index is 0.412. The third-order valence-corrected chi connectivity index (χ3v) is 3.48. The van der Waals surface area contributed by atoms with Crippen molar-refractivity contribution < 1.29 is 4.74 Å². The fourth-order valence-corrected chi connectivity index (χ4v) is 2.40. The van der Waals surface area contributed by atoms with Gasteiger partial charge in [0.05, 0.1) is 7.11 Å². The normalized spacial score (nSPS) is 12.1. The van der Waals surface area contributed by atoms with Crippen LogP contribution in [-0.2, 0) is 12.8 Å². The molecule has 0 amide bonds. The van der Waals surface area contributed by atoms with Crippen LogP contribution in [0, 0.1) is 0 Å². The Morgan fingerprint density at radius 1 is 1.19 bits per heavy atom. The molecule has 2 aromatic rings. The fourth-order valence-electron chi connectivity index (χ4n) is 2.40. The number of rotatable bonds is 8. The molecular formula is C17H23N3O. The summed E-state index contributed by atoms with van der Waals surface area (Å²) in [5.74, 6) is 0.623. The first-order chi connectivity index (χ1) is 10.3. The highest BCUT2D eigenvalue weighted by atomic mass is 16.5. The average Bonchev–Trinajstić information content (AvgIpc) is 2.54. The number of nitrogens with one attached hydrogen (secondary N) is 1. The molecule has 0 bridgehead atoms. The van der Waals surface area contributed by atoms with Crippen molar-refractivity contribution >= 4 is 0 Å². The smallest absolute Gasteiger partial charge is 0.216 e. The van der Waals surface area contributed by atoms with Crippen molar-refractivity contribution in [3.63, 3.8) is 0 Å². The Kier molecular flexibility index (Phi) is 6.16. The molecule has 0 aliphatic carbocycles. The van der Waals surface area contributed by atoms with E-state index >= 15 is 0 Å². The van der Waals surface area contributed by atoms with Gasteiger partial charge in [0.1, 0.15) is 6.33 Å². The molecule has 1 unspecified atom stereocenters. The first-order valence-electron chi connectivity index (χ1n) is 7.44. The van der Waals surface area contributed by atoms with Gasteiger partial charge in [-0.05, 0) is 24.9 Å². The number of hydrogen-bond acceptors (Lipinski definition) is 4. The Bertz CT molecular complexity index is 531. The summed E-state index contributed by atoms with van der Waals surface area (Å²) in [6, 6.07) is 12.9. The summed E-state index contributed by atoms with van der Waals surface area (Å²) in [5.41, 5.74) is 2.39. The van der Waals surface area contributed by atoms with Gasteiger partial charge in [-0.2, -0.15) is 0 Å². The molecule has 1 N–H and O–H groups in total. The molecule has 0 spiro atoms. The predicted octanol–water partition coefficient (Wildman–Crippen LogP) is 2.64. The maximum atomic E-state index is 5.15. The topological polar surface area (TPSA) is 47.0 Å². The molecule has 0 radical (unpaired) electrons. The van der Waals surface area contributed by atoms with Crippen LogP contribution < -0.4 is 10.1 Å². The number of hydrogen-bond donors (Lipinski definition) is 1. The number of methoxy groups -OCH3 is 1. The minimum absolute atomic E-state index is 0.412. The van der Waals surface area contributed by atoms with E-state index in [2.05, 4.69) is 52.5 Å². The lowest BCUT2D eigenvalue weighted by molar-refractivity contribution is 0.394. The third kappa shape index (κ3) is 5.16. The van der Waals surface area contributed by atoms with E-state index in [1.54, 1.807) is 13.4 Å². The standard InChI is InChI=1S/C17H23N3O/c1-3-18-15(10-9-14-7-5-4-6-8-14)11-16-12-17(21-2)20-13-19-16/h4-8,12-13,15,18H,3,9-11H2,1-2H3. The molecule has 0 fully saturated rings. The van der Waals surface area contributed by atoms with Gasteiger partial charge < -0.3 is 10.1 Å². The molecule has 2 rings (SSSR count). The summed E-state index contributed by atoms with van der Waals surface area (Å²) in [6.45, 7) is 3.09. The zero-order valence-electron chi connectivity index (χ0n) is 12.7. The van der Waals surface area contributed by atoms with Crippen LogP contribution in [0.25, 0.3) is 0 Å². The monoisotopic (exact) mass is 285 g/mol. The fraction of sp³-hybridized carbons (Fsp3) is 0.412. The molecule has 1 heterocycles. The van der Waals surface area contributed by atoms with Gasteiger partial charge >= 0.3 is 0 Å². The van der Waals surface area contributed by atoms with Crippen molar-refractivity contribution in [2.75, 3.05) is 13.7 Å². The summed E-state index contributed by atoms with van der Waals surface area (Å²) >= 11 is 0. The van der Waals surface area contributed by atoms with Crippen LogP contribution in [0.3, 0.4) is 0 Å². The molecule has 4 heteroatoms. The zero-order valence-corrected chi connectivity index (χ0v) is 12.7. The van der Waals surface area contributed by atoms with Gasteiger partial charge in [0.2, 0.25) is 5.88 Å². The van der Waals surface area contributed by atoms with Crippen molar-refractivity contribution in [3.8, 4) is 5.88 Å². The molecule has 0 saturated carbocycles. The lowest BCUT2D eigenvalue weighted by Crippen LogP contribution is -2.31. The summed E-state index contributed by atoms with van der Waals surface area (Å²) < 4.78 is 5.15. The molecule has 0 aliphatic heterocycles. The molecule has 0 aliphatic rings. The van der Waals surface area contributed by atoms with Crippen LogP contribution in [0.1, 0.15) is 24.6 Å². The van der Waals surface area contributed by atoms with E-state index in [0.717, 1.165) is 31.5 Å². The molecule has 112 valence electrons. The van der Waals surface area contributed by atoms with Crippen molar-refractivity contribution in [1.29, 1.82) is 0 Å².